The molecule has 0 bridgehead atoms. The lowest BCUT2D eigenvalue weighted by Gasteiger charge is -2.15. The summed E-state index contributed by atoms with van der Waals surface area (Å²) in [5.41, 5.74) is 1.33. The Morgan fingerprint density at radius 3 is 2.72 bits per heavy atom. The number of carbonyl (C=O) groups excluding carboxylic acids is 2. The van der Waals surface area contributed by atoms with Crippen LogP contribution in [0, 0.1) is 13.7 Å². The van der Waals surface area contributed by atoms with Crippen molar-refractivity contribution in [3.8, 4) is 11.5 Å². The van der Waals surface area contributed by atoms with Gasteiger partial charge in [0.25, 0.3) is 16.8 Å². The summed E-state index contributed by atoms with van der Waals surface area (Å²) in [5.74, 6) is 0.608. The summed E-state index contributed by atoms with van der Waals surface area (Å²) in [7, 11) is 0. The normalized spacial score (nSPS) is 14.7. The smallest absolute Gasteiger partial charge is 0.293 e. The average Bonchev–Trinajstić information content (AvgIpc) is 3.01. The third-order valence-electron chi connectivity index (χ3n) is 4.32. The van der Waals surface area contributed by atoms with E-state index in [9.17, 15) is 19.7 Å². The molecule has 1 fully saturated rings. The van der Waals surface area contributed by atoms with Crippen molar-refractivity contribution in [2.75, 3.05) is 13.2 Å². The highest BCUT2D eigenvalue weighted by molar-refractivity contribution is 14.1. The summed E-state index contributed by atoms with van der Waals surface area (Å²) < 4.78 is 12.4. The Balaban J connectivity index is 1.86. The highest BCUT2D eigenvalue weighted by Crippen LogP contribution is 2.38. The van der Waals surface area contributed by atoms with E-state index in [2.05, 4.69) is 29.2 Å². The second-order valence-electron chi connectivity index (χ2n) is 6.56. The van der Waals surface area contributed by atoms with Crippen LogP contribution in [-0.4, -0.2) is 34.1 Å². The van der Waals surface area contributed by atoms with Crippen molar-refractivity contribution in [1.82, 2.24) is 4.90 Å². The molecule has 0 radical (unpaired) electrons. The van der Waals surface area contributed by atoms with Gasteiger partial charge in [-0.3, -0.25) is 24.6 Å². The minimum atomic E-state index is -0.454. The second kappa shape index (κ2) is 10.6. The molecule has 166 valence electrons. The number of imide groups is 1. The van der Waals surface area contributed by atoms with E-state index in [0.717, 1.165) is 20.2 Å². The summed E-state index contributed by atoms with van der Waals surface area (Å²) in [6, 6.07) is 9.77. The largest absolute Gasteiger partial charge is 0.490 e. The van der Waals surface area contributed by atoms with Crippen LogP contribution in [0.25, 0.3) is 6.08 Å². The van der Waals surface area contributed by atoms with Gasteiger partial charge < -0.3 is 9.47 Å². The van der Waals surface area contributed by atoms with Crippen molar-refractivity contribution in [2.45, 2.75) is 13.5 Å². The van der Waals surface area contributed by atoms with Gasteiger partial charge in [-0.2, -0.15) is 0 Å². The fourth-order valence-electron chi connectivity index (χ4n) is 2.93. The fraction of sp³-hybridized carbons (Fsp3) is 0.182. The maximum Gasteiger partial charge on any atom is 0.293 e. The van der Waals surface area contributed by atoms with Gasteiger partial charge in [-0.05, 0) is 70.6 Å². The number of nitro groups is 1. The molecule has 0 aliphatic carbocycles. The number of ether oxygens (including phenoxy) is 2. The lowest BCUT2D eigenvalue weighted by molar-refractivity contribution is -0.384. The van der Waals surface area contributed by atoms with Crippen molar-refractivity contribution in [2.24, 2.45) is 0 Å². The van der Waals surface area contributed by atoms with Crippen molar-refractivity contribution < 1.29 is 24.0 Å². The number of nitrogens with zero attached hydrogens (tertiary/aromatic N) is 2. The molecule has 10 heteroatoms. The van der Waals surface area contributed by atoms with Gasteiger partial charge >= 0.3 is 0 Å². The first kappa shape index (κ1) is 23.8. The minimum absolute atomic E-state index is 0.00780. The van der Waals surface area contributed by atoms with E-state index in [1.807, 2.05) is 13.0 Å². The van der Waals surface area contributed by atoms with E-state index in [1.54, 1.807) is 24.3 Å². The number of amides is 2. The first-order chi connectivity index (χ1) is 15.3. The Morgan fingerprint density at radius 1 is 1.25 bits per heavy atom. The van der Waals surface area contributed by atoms with Crippen LogP contribution in [0.15, 0.2) is 54.0 Å². The molecule has 0 N–H and O–H groups in total. The second-order valence-corrected chi connectivity index (χ2v) is 8.72. The summed E-state index contributed by atoms with van der Waals surface area (Å²) >= 11 is 2.98. The van der Waals surface area contributed by atoms with Crippen LogP contribution in [-0.2, 0) is 11.4 Å². The SMILES string of the molecule is C=CCN1C(=O)S/C(=C/c2cc(I)c(OCc3cccc([N+](=O)[O-])c3)c(OCC)c2)C1=O. The molecule has 8 nitrogen and oxygen atoms in total. The first-order valence-corrected chi connectivity index (χ1v) is 11.4. The van der Waals surface area contributed by atoms with Crippen LogP contribution in [0.3, 0.4) is 0 Å². The van der Waals surface area contributed by atoms with E-state index >= 15 is 0 Å². The number of non-ortho nitro benzene ring substituents is 1. The molecule has 0 aromatic heterocycles. The van der Waals surface area contributed by atoms with Gasteiger partial charge in [0.05, 0.1) is 20.0 Å². The van der Waals surface area contributed by atoms with Gasteiger partial charge in [0.1, 0.15) is 6.61 Å². The molecule has 2 aromatic carbocycles. The lowest BCUT2D eigenvalue weighted by Crippen LogP contribution is -2.27. The molecule has 2 aromatic rings. The molecular weight excluding hydrogens is 547 g/mol. The van der Waals surface area contributed by atoms with Crippen LogP contribution >= 0.6 is 34.4 Å². The van der Waals surface area contributed by atoms with Crippen LogP contribution < -0.4 is 9.47 Å². The Morgan fingerprint density at radius 2 is 2.03 bits per heavy atom. The molecule has 1 aliphatic rings. The predicted molar refractivity (Wildman–Crippen MR) is 131 cm³/mol. The summed E-state index contributed by atoms with van der Waals surface area (Å²) in [4.78, 5) is 36.5. The van der Waals surface area contributed by atoms with Crippen molar-refractivity contribution in [1.29, 1.82) is 0 Å². The quantitative estimate of drug-likeness (QED) is 0.132. The maximum absolute atomic E-state index is 12.5. The molecule has 2 amide bonds. The van der Waals surface area contributed by atoms with Crippen LogP contribution in [0.2, 0.25) is 0 Å². The molecule has 1 heterocycles. The van der Waals surface area contributed by atoms with E-state index in [4.69, 9.17) is 9.47 Å². The highest BCUT2D eigenvalue weighted by atomic mass is 127. The van der Waals surface area contributed by atoms with Gasteiger partial charge in [-0.25, -0.2) is 0 Å². The number of hydrogen-bond donors (Lipinski definition) is 0. The van der Waals surface area contributed by atoms with Gasteiger partial charge in [0.2, 0.25) is 0 Å². The number of halogens is 1. The highest BCUT2D eigenvalue weighted by Gasteiger charge is 2.34. The first-order valence-electron chi connectivity index (χ1n) is 9.52. The molecule has 3 rings (SSSR count). The molecule has 0 spiro atoms. The van der Waals surface area contributed by atoms with Crippen molar-refractivity contribution in [3.05, 3.63) is 78.8 Å². The number of nitro benzene ring substituents is 1. The van der Waals surface area contributed by atoms with E-state index < -0.39 is 4.92 Å². The number of benzene rings is 2. The summed E-state index contributed by atoms with van der Waals surface area (Å²) in [6.45, 7) is 6.08. The molecule has 0 atom stereocenters. The predicted octanol–water partition coefficient (Wildman–Crippen LogP) is 5.40. The van der Waals surface area contributed by atoms with Gasteiger partial charge in [0.15, 0.2) is 11.5 Å². The molecular formula is C22H19IN2O6S. The Bertz CT molecular complexity index is 1120. The van der Waals surface area contributed by atoms with Crippen LogP contribution in [0.5, 0.6) is 11.5 Å². The zero-order chi connectivity index (χ0) is 23.3. The standard InChI is InChI=1S/C22H19IN2O6S/c1-3-8-24-21(26)19(32-22(24)27)12-15-10-17(23)20(18(11-15)30-4-2)31-13-14-6-5-7-16(9-14)25(28)29/h3,5-7,9-12H,1,4,8,13H2,2H3/b19-12+. The van der Waals surface area contributed by atoms with E-state index in [-0.39, 0.29) is 30.0 Å². The Labute approximate surface area is 202 Å². The number of thioether (sulfide) groups is 1. The zero-order valence-corrected chi connectivity index (χ0v) is 20.1. The van der Waals surface area contributed by atoms with Gasteiger partial charge in [-0.1, -0.05) is 18.2 Å². The molecule has 1 aliphatic heterocycles. The van der Waals surface area contributed by atoms with Gasteiger partial charge in [0, 0.05) is 18.7 Å². The zero-order valence-electron chi connectivity index (χ0n) is 17.1. The topological polar surface area (TPSA) is 99.0 Å². The molecule has 0 unspecified atom stereocenters. The average molecular weight is 566 g/mol. The van der Waals surface area contributed by atoms with Crippen LogP contribution in [0.1, 0.15) is 18.1 Å². The third kappa shape index (κ3) is 5.49. The third-order valence-corrected chi connectivity index (χ3v) is 6.03. The van der Waals surface area contributed by atoms with Crippen molar-refractivity contribution in [3.63, 3.8) is 0 Å². The number of carbonyl (C=O) groups is 2. The maximum atomic E-state index is 12.5. The lowest BCUT2D eigenvalue weighted by atomic mass is 10.1. The minimum Gasteiger partial charge on any atom is -0.490 e. The van der Waals surface area contributed by atoms with E-state index in [0.29, 0.717) is 34.1 Å². The summed E-state index contributed by atoms with van der Waals surface area (Å²) in [5, 5.41) is 10.6. The van der Waals surface area contributed by atoms with Gasteiger partial charge in [-0.15, -0.1) is 6.58 Å². The van der Waals surface area contributed by atoms with E-state index in [1.165, 1.54) is 18.2 Å². The number of hydrogen-bond acceptors (Lipinski definition) is 7. The molecule has 1 saturated heterocycles. The Kier molecular flexibility index (Phi) is 7.91. The summed E-state index contributed by atoms with van der Waals surface area (Å²) in [6.07, 6.45) is 3.14. The molecule has 32 heavy (non-hydrogen) atoms. The monoisotopic (exact) mass is 566 g/mol. The number of rotatable bonds is 9. The molecule has 0 saturated carbocycles. The Hall–Kier alpha value is -2.86. The van der Waals surface area contributed by atoms with Crippen molar-refractivity contribution >= 4 is 57.3 Å². The van der Waals surface area contributed by atoms with Crippen LogP contribution in [0.4, 0.5) is 10.5 Å². The fourth-order valence-corrected chi connectivity index (χ4v) is 4.56.